The predicted molar refractivity (Wildman–Crippen MR) is 69.5 cm³/mol. The van der Waals surface area contributed by atoms with Crippen LogP contribution in [0.15, 0.2) is 24.3 Å². The number of nitrogens with one attached hydrogen (secondary N) is 1. The number of aliphatic hydroxyl groups excluding tert-OH is 1. The van der Waals surface area contributed by atoms with Crippen LogP contribution in [0.25, 0.3) is 0 Å². The fraction of sp³-hybridized carbons (Fsp3) is 0.214. The smallest absolute Gasteiger partial charge is 0.254 e. The van der Waals surface area contributed by atoms with Crippen molar-refractivity contribution in [2.75, 3.05) is 19.7 Å². The standard InChI is InChI=1S/C14H12N2O4/c17-6-2-4-10-3-1-5-11(7-10)14(20)16-8-12(18)15-13(19)9-16/h1,3,5,7,17H,6,8-9H2,(H,15,18,19). The number of hydrogen-bond acceptors (Lipinski definition) is 4. The summed E-state index contributed by atoms with van der Waals surface area (Å²) < 4.78 is 0. The summed E-state index contributed by atoms with van der Waals surface area (Å²) in [6, 6.07) is 6.50. The molecule has 1 aliphatic rings. The number of carbonyl (C=O) groups excluding carboxylic acids is 3. The number of amides is 3. The van der Waals surface area contributed by atoms with Crippen LogP contribution in [-0.2, 0) is 9.59 Å². The van der Waals surface area contributed by atoms with Crippen LogP contribution in [0.3, 0.4) is 0 Å². The van der Waals surface area contributed by atoms with E-state index in [1.807, 2.05) is 0 Å². The van der Waals surface area contributed by atoms with Gasteiger partial charge < -0.3 is 10.0 Å². The first-order valence-electron chi connectivity index (χ1n) is 5.92. The Hall–Kier alpha value is -2.65. The van der Waals surface area contributed by atoms with Crippen LogP contribution in [0.4, 0.5) is 0 Å². The van der Waals surface area contributed by atoms with Crippen LogP contribution in [0.1, 0.15) is 15.9 Å². The van der Waals surface area contributed by atoms with E-state index in [0.717, 1.165) is 0 Å². The molecule has 6 nitrogen and oxygen atoms in total. The highest BCUT2D eigenvalue weighted by molar-refractivity contribution is 6.05. The molecule has 2 rings (SSSR count). The maximum atomic E-state index is 12.2. The van der Waals surface area contributed by atoms with Gasteiger partial charge in [0.05, 0.1) is 0 Å². The zero-order chi connectivity index (χ0) is 14.5. The molecule has 102 valence electrons. The molecular weight excluding hydrogens is 260 g/mol. The van der Waals surface area contributed by atoms with E-state index in [4.69, 9.17) is 5.11 Å². The van der Waals surface area contributed by atoms with Gasteiger partial charge in [-0.1, -0.05) is 17.9 Å². The van der Waals surface area contributed by atoms with E-state index in [1.165, 1.54) is 4.90 Å². The van der Waals surface area contributed by atoms with Crippen LogP contribution in [0.2, 0.25) is 0 Å². The van der Waals surface area contributed by atoms with Gasteiger partial charge >= 0.3 is 0 Å². The Morgan fingerprint density at radius 1 is 1.30 bits per heavy atom. The molecule has 1 aromatic rings. The molecule has 1 aromatic carbocycles. The molecule has 1 saturated heterocycles. The third-order valence-electron chi connectivity index (χ3n) is 2.66. The fourth-order valence-corrected chi connectivity index (χ4v) is 1.83. The van der Waals surface area contributed by atoms with E-state index in [0.29, 0.717) is 11.1 Å². The molecular formula is C14H12N2O4. The molecule has 0 atom stereocenters. The maximum Gasteiger partial charge on any atom is 0.254 e. The highest BCUT2D eigenvalue weighted by atomic mass is 16.2. The largest absolute Gasteiger partial charge is 0.384 e. The van der Waals surface area contributed by atoms with Gasteiger partial charge in [-0.3, -0.25) is 19.7 Å². The van der Waals surface area contributed by atoms with Gasteiger partial charge in [0.1, 0.15) is 19.7 Å². The molecule has 0 saturated carbocycles. The van der Waals surface area contributed by atoms with Crippen molar-refractivity contribution in [2.24, 2.45) is 0 Å². The lowest BCUT2D eigenvalue weighted by atomic mass is 10.1. The second-order valence-corrected chi connectivity index (χ2v) is 4.17. The van der Waals surface area contributed by atoms with E-state index in [2.05, 4.69) is 17.2 Å². The van der Waals surface area contributed by atoms with Crippen LogP contribution < -0.4 is 5.32 Å². The molecule has 20 heavy (non-hydrogen) atoms. The Morgan fingerprint density at radius 3 is 2.65 bits per heavy atom. The number of carbonyl (C=O) groups is 3. The van der Waals surface area contributed by atoms with E-state index in [1.54, 1.807) is 24.3 Å². The van der Waals surface area contributed by atoms with Crippen molar-refractivity contribution in [1.82, 2.24) is 10.2 Å². The Balaban J connectivity index is 2.20. The summed E-state index contributed by atoms with van der Waals surface area (Å²) in [7, 11) is 0. The number of benzene rings is 1. The molecule has 0 aromatic heterocycles. The number of rotatable bonds is 1. The molecule has 3 amide bonds. The summed E-state index contributed by atoms with van der Waals surface area (Å²) in [5, 5.41) is 10.8. The molecule has 0 radical (unpaired) electrons. The quantitative estimate of drug-likeness (QED) is 0.514. The first kappa shape index (κ1) is 13.8. The van der Waals surface area contributed by atoms with E-state index >= 15 is 0 Å². The Bertz CT molecular complexity index is 612. The normalized spacial score (nSPS) is 14.3. The van der Waals surface area contributed by atoms with Crippen molar-refractivity contribution in [1.29, 1.82) is 0 Å². The van der Waals surface area contributed by atoms with Gasteiger partial charge in [0, 0.05) is 11.1 Å². The van der Waals surface area contributed by atoms with Crippen molar-refractivity contribution in [3.8, 4) is 11.8 Å². The minimum atomic E-state index is -0.495. The zero-order valence-electron chi connectivity index (χ0n) is 10.5. The van der Waals surface area contributed by atoms with Gasteiger partial charge in [0.2, 0.25) is 11.8 Å². The van der Waals surface area contributed by atoms with Crippen LogP contribution in [0.5, 0.6) is 0 Å². The molecule has 1 aliphatic heterocycles. The molecule has 1 fully saturated rings. The lowest BCUT2D eigenvalue weighted by Crippen LogP contribution is -2.53. The first-order valence-corrected chi connectivity index (χ1v) is 5.92. The number of aliphatic hydroxyl groups is 1. The summed E-state index contributed by atoms with van der Waals surface area (Å²) in [5.41, 5.74) is 0.926. The van der Waals surface area contributed by atoms with Gasteiger partial charge in [-0.25, -0.2) is 0 Å². The summed E-state index contributed by atoms with van der Waals surface area (Å²) in [5.74, 6) is 3.79. The predicted octanol–water partition coefficient (Wildman–Crippen LogP) is -0.871. The topological polar surface area (TPSA) is 86.7 Å². The van der Waals surface area contributed by atoms with Crippen LogP contribution in [-0.4, -0.2) is 47.4 Å². The van der Waals surface area contributed by atoms with Gasteiger partial charge in [0.15, 0.2) is 0 Å². The fourth-order valence-electron chi connectivity index (χ4n) is 1.83. The van der Waals surface area contributed by atoms with Gasteiger partial charge in [0.25, 0.3) is 5.91 Å². The monoisotopic (exact) mass is 272 g/mol. The highest BCUT2D eigenvalue weighted by Crippen LogP contribution is 2.09. The molecule has 0 spiro atoms. The second kappa shape index (κ2) is 5.99. The van der Waals surface area contributed by atoms with Crippen molar-refractivity contribution < 1.29 is 19.5 Å². The average molecular weight is 272 g/mol. The third-order valence-corrected chi connectivity index (χ3v) is 2.66. The SMILES string of the molecule is O=C1CN(C(=O)c2cccc(C#CCO)c2)CC(=O)N1. The summed E-state index contributed by atoms with van der Waals surface area (Å²) in [6.45, 7) is -0.548. The summed E-state index contributed by atoms with van der Waals surface area (Å²) >= 11 is 0. The lowest BCUT2D eigenvalue weighted by Gasteiger charge is -2.25. The van der Waals surface area contributed by atoms with Crippen molar-refractivity contribution in [3.63, 3.8) is 0 Å². The van der Waals surface area contributed by atoms with E-state index in [9.17, 15) is 14.4 Å². The van der Waals surface area contributed by atoms with Crippen LogP contribution in [0, 0.1) is 11.8 Å². The van der Waals surface area contributed by atoms with Crippen molar-refractivity contribution in [3.05, 3.63) is 35.4 Å². The Labute approximate surface area is 115 Å². The van der Waals surface area contributed by atoms with Gasteiger partial charge in [-0.15, -0.1) is 0 Å². The Morgan fingerprint density at radius 2 is 2.00 bits per heavy atom. The van der Waals surface area contributed by atoms with Gasteiger partial charge in [-0.05, 0) is 18.2 Å². The minimum Gasteiger partial charge on any atom is -0.384 e. The first-order chi connectivity index (χ1) is 9.60. The maximum absolute atomic E-state index is 12.2. The number of piperazine rings is 1. The molecule has 0 unspecified atom stereocenters. The zero-order valence-corrected chi connectivity index (χ0v) is 10.5. The number of hydrogen-bond donors (Lipinski definition) is 2. The van der Waals surface area contributed by atoms with E-state index in [-0.39, 0.29) is 19.7 Å². The third kappa shape index (κ3) is 3.22. The van der Waals surface area contributed by atoms with Gasteiger partial charge in [-0.2, -0.15) is 0 Å². The average Bonchev–Trinajstić information content (AvgIpc) is 2.43. The molecule has 0 aliphatic carbocycles. The van der Waals surface area contributed by atoms with Crippen molar-refractivity contribution >= 4 is 17.7 Å². The second-order valence-electron chi connectivity index (χ2n) is 4.17. The molecule has 6 heteroatoms. The van der Waals surface area contributed by atoms with Crippen LogP contribution >= 0.6 is 0 Å². The minimum absolute atomic E-state index is 0.142. The molecule has 2 N–H and O–H groups in total. The molecule has 0 bridgehead atoms. The van der Waals surface area contributed by atoms with Crippen molar-refractivity contribution in [2.45, 2.75) is 0 Å². The lowest BCUT2D eigenvalue weighted by molar-refractivity contribution is -0.135. The summed E-state index contributed by atoms with van der Waals surface area (Å²) in [4.78, 5) is 35.9. The molecule has 1 heterocycles. The van der Waals surface area contributed by atoms with E-state index < -0.39 is 17.7 Å². The number of nitrogens with zero attached hydrogens (tertiary/aromatic N) is 1. The summed E-state index contributed by atoms with van der Waals surface area (Å²) in [6.07, 6.45) is 0. The highest BCUT2D eigenvalue weighted by Gasteiger charge is 2.26. The Kier molecular flexibility index (Phi) is 4.13. The number of imide groups is 1.